The molecule has 1 aliphatic heterocycles. The summed E-state index contributed by atoms with van der Waals surface area (Å²) in [6.45, 7) is 7.94. The van der Waals surface area contributed by atoms with Crippen molar-refractivity contribution in [3.63, 3.8) is 0 Å². The molecule has 194 valence electrons. The fraction of sp³-hybridized carbons (Fsp3) is 0.500. The normalized spacial score (nSPS) is 22.3. The number of benzene rings is 2. The number of ether oxygens (including phenoxy) is 4. The van der Waals surface area contributed by atoms with Gasteiger partial charge < -0.3 is 23.4 Å². The molecule has 0 bridgehead atoms. The average Bonchev–Trinajstić information content (AvgIpc) is 3.17. The zero-order valence-corrected chi connectivity index (χ0v) is 22.7. The van der Waals surface area contributed by atoms with Crippen molar-refractivity contribution < 1.29 is 28.2 Å². The molecule has 1 fully saturated rings. The van der Waals surface area contributed by atoms with E-state index in [4.69, 9.17) is 23.4 Å². The highest BCUT2D eigenvalue weighted by atomic mass is 28.4. The molecule has 1 heterocycles. The van der Waals surface area contributed by atoms with Crippen molar-refractivity contribution in [2.45, 2.75) is 63.4 Å². The molecular formula is C26H35N3O6Si. The van der Waals surface area contributed by atoms with Gasteiger partial charge in [-0.3, -0.25) is 4.79 Å². The number of carbonyl (C=O) groups excluding carboxylic acids is 1. The lowest BCUT2D eigenvalue weighted by atomic mass is 10.1. The molecule has 0 aliphatic carbocycles. The zero-order chi connectivity index (χ0) is 26.3. The molecule has 2 aromatic carbocycles. The number of methoxy groups -OCH3 is 2. The lowest BCUT2D eigenvalue weighted by molar-refractivity contribution is -0.200. The number of hydrogen-bond donors (Lipinski definition) is 0. The first-order chi connectivity index (χ1) is 17.2. The maximum atomic E-state index is 11.9. The monoisotopic (exact) mass is 513 g/mol. The van der Waals surface area contributed by atoms with Crippen LogP contribution in [0.3, 0.4) is 0 Å². The molecule has 36 heavy (non-hydrogen) atoms. The number of azide groups is 1. The van der Waals surface area contributed by atoms with Gasteiger partial charge in [-0.2, -0.15) is 0 Å². The number of esters is 1. The number of hydrogen-bond acceptors (Lipinski definition) is 7. The highest BCUT2D eigenvalue weighted by Gasteiger charge is 2.54. The van der Waals surface area contributed by atoms with Crippen LogP contribution in [0, 0.1) is 0 Å². The van der Waals surface area contributed by atoms with Gasteiger partial charge in [0.05, 0.1) is 12.7 Å². The van der Waals surface area contributed by atoms with E-state index in [2.05, 4.69) is 55.1 Å². The molecule has 0 radical (unpaired) electrons. The van der Waals surface area contributed by atoms with Gasteiger partial charge in [0, 0.05) is 26.1 Å². The van der Waals surface area contributed by atoms with Crippen LogP contribution in [-0.4, -0.2) is 65.8 Å². The molecule has 9 nitrogen and oxygen atoms in total. The molecule has 4 atom stereocenters. The number of nitrogens with zero attached hydrogens (tertiary/aromatic N) is 3. The van der Waals surface area contributed by atoms with E-state index in [9.17, 15) is 10.3 Å². The molecule has 0 N–H and O–H groups in total. The molecule has 1 saturated heterocycles. The van der Waals surface area contributed by atoms with Crippen LogP contribution in [-0.2, 0) is 28.2 Å². The molecule has 1 aliphatic rings. The summed E-state index contributed by atoms with van der Waals surface area (Å²) in [6.07, 6.45) is -3.21. The Hall–Kier alpha value is -2.72. The second-order valence-electron chi connectivity index (χ2n) is 9.72. The summed E-state index contributed by atoms with van der Waals surface area (Å²) in [6, 6.07) is 19.6. The summed E-state index contributed by atoms with van der Waals surface area (Å²) < 4.78 is 29.6. The summed E-state index contributed by atoms with van der Waals surface area (Å²) in [5.41, 5.74) is 9.32. The SMILES string of the molecule is COC(OC)[C@@H]1O[C@@H](CO[Si](c2ccccc2)(c2ccccc2)C(C)(C)C)[C@H](N=[N+]=[N-])[C@H]1OC(C)=O. The lowest BCUT2D eigenvalue weighted by Gasteiger charge is -2.43. The Labute approximate surface area is 213 Å². The van der Waals surface area contributed by atoms with Crippen LogP contribution in [0.15, 0.2) is 65.8 Å². The van der Waals surface area contributed by atoms with Crippen molar-refractivity contribution in [1.29, 1.82) is 0 Å². The molecule has 10 heteroatoms. The standard InChI is InChI=1S/C26H35N3O6Si/c1-18(30)34-23-22(28-29-27)21(35-24(23)25(31-5)32-6)17-33-36(26(2,3)4,19-13-9-7-10-14-19)20-15-11-8-12-16-20/h7-16,21-25H,17H2,1-6H3/t21-,22-,23+,24+/m0/s1. The van der Waals surface area contributed by atoms with E-state index in [-0.39, 0.29) is 11.6 Å². The van der Waals surface area contributed by atoms with Crippen molar-refractivity contribution in [2.24, 2.45) is 5.11 Å². The third kappa shape index (κ3) is 5.64. The van der Waals surface area contributed by atoms with Crippen molar-refractivity contribution in [3.05, 3.63) is 71.1 Å². The minimum atomic E-state index is -2.87. The molecular weight excluding hydrogens is 478 g/mol. The van der Waals surface area contributed by atoms with Gasteiger partial charge in [-0.05, 0) is 20.9 Å². The Kier molecular flexibility index (Phi) is 9.29. The first-order valence-corrected chi connectivity index (χ1v) is 13.8. The van der Waals surface area contributed by atoms with E-state index in [0.29, 0.717) is 0 Å². The zero-order valence-electron chi connectivity index (χ0n) is 21.7. The molecule has 0 amide bonds. The quantitative estimate of drug-likeness (QED) is 0.120. The Morgan fingerprint density at radius 2 is 1.58 bits per heavy atom. The first-order valence-electron chi connectivity index (χ1n) is 11.9. The summed E-state index contributed by atoms with van der Waals surface area (Å²) in [5.74, 6) is -0.522. The third-order valence-electron chi connectivity index (χ3n) is 6.47. The summed E-state index contributed by atoms with van der Waals surface area (Å²) in [7, 11) is 0.0644. The van der Waals surface area contributed by atoms with Crippen molar-refractivity contribution in [3.8, 4) is 0 Å². The van der Waals surface area contributed by atoms with Crippen LogP contribution in [0.4, 0.5) is 0 Å². The topological polar surface area (TPSA) is 112 Å². The fourth-order valence-corrected chi connectivity index (χ4v) is 9.55. The van der Waals surface area contributed by atoms with E-state index in [0.717, 1.165) is 10.4 Å². The van der Waals surface area contributed by atoms with Crippen LogP contribution in [0.25, 0.3) is 10.4 Å². The van der Waals surface area contributed by atoms with Gasteiger partial charge >= 0.3 is 5.97 Å². The maximum Gasteiger partial charge on any atom is 0.303 e. The predicted octanol–water partition coefficient (Wildman–Crippen LogP) is 3.56. The Balaban J connectivity index is 2.05. The van der Waals surface area contributed by atoms with Gasteiger partial charge in [-0.1, -0.05) is 86.5 Å². The highest BCUT2D eigenvalue weighted by Crippen LogP contribution is 2.38. The number of rotatable bonds is 10. The van der Waals surface area contributed by atoms with Crippen molar-refractivity contribution in [2.75, 3.05) is 20.8 Å². The first kappa shape index (κ1) is 27.9. The van der Waals surface area contributed by atoms with Gasteiger partial charge in [-0.25, -0.2) is 0 Å². The van der Waals surface area contributed by atoms with Gasteiger partial charge in [0.1, 0.15) is 18.2 Å². The van der Waals surface area contributed by atoms with Crippen LogP contribution >= 0.6 is 0 Å². The van der Waals surface area contributed by atoms with Crippen molar-refractivity contribution >= 4 is 24.7 Å². The molecule has 0 aromatic heterocycles. The van der Waals surface area contributed by atoms with E-state index in [1.165, 1.54) is 21.1 Å². The van der Waals surface area contributed by atoms with Crippen LogP contribution in [0.2, 0.25) is 5.04 Å². The van der Waals surface area contributed by atoms with Gasteiger partial charge in [0.25, 0.3) is 8.32 Å². The maximum absolute atomic E-state index is 11.9. The predicted molar refractivity (Wildman–Crippen MR) is 139 cm³/mol. The van der Waals surface area contributed by atoms with E-state index in [1.807, 2.05) is 36.4 Å². The van der Waals surface area contributed by atoms with Crippen LogP contribution in [0.5, 0.6) is 0 Å². The Morgan fingerprint density at radius 3 is 2.00 bits per heavy atom. The van der Waals surface area contributed by atoms with E-state index >= 15 is 0 Å². The van der Waals surface area contributed by atoms with Gasteiger partial charge in [0.15, 0.2) is 6.29 Å². The smallest absolute Gasteiger partial charge is 0.303 e. The minimum Gasteiger partial charge on any atom is -0.459 e. The van der Waals surface area contributed by atoms with Gasteiger partial charge in [-0.15, -0.1) is 0 Å². The lowest BCUT2D eigenvalue weighted by Crippen LogP contribution is -2.67. The molecule has 2 aromatic rings. The molecule has 0 spiro atoms. The third-order valence-corrected chi connectivity index (χ3v) is 11.5. The van der Waals surface area contributed by atoms with E-state index in [1.54, 1.807) is 0 Å². The summed E-state index contributed by atoms with van der Waals surface area (Å²) in [5, 5.41) is 5.93. The molecule has 0 unspecified atom stereocenters. The fourth-order valence-electron chi connectivity index (χ4n) is 4.98. The van der Waals surface area contributed by atoms with Crippen LogP contribution < -0.4 is 10.4 Å². The minimum absolute atomic E-state index is 0.116. The molecule has 0 saturated carbocycles. The van der Waals surface area contributed by atoms with E-state index < -0.39 is 44.9 Å². The number of carbonyl (C=O) groups is 1. The second-order valence-corrected chi connectivity index (χ2v) is 14.0. The second kappa shape index (κ2) is 12.0. The summed E-state index contributed by atoms with van der Waals surface area (Å²) in [4.78, 5) is 14.9. The average molecular weight is 514 g/mol. The molecule has 3 rings (SSSR count). The Bertz CT molecular complexity index is 999. The largest absolute Gasteiger partial charge is 0.459 e. The van der Waals surface area contributed by atoms with Gasteiger partial charge in [0.2, 0.25) is 0 Å². The summed E-state index contributed by atoms with van der Waals surface area (Å²) >= 11 is 0. The van der Waals surface area contributed by atoms with Crippen LogP contribution in [0.1, 0.15) is 27.7 Å². The van der Waals surface area contributed by atoms with Crippen molar-refractivity contribution in [1.82, 2.24) is 0 Å². The Morgan fingerprint density at radius 1 is 1.06 bits per heavy atom. The highest BCUT2D eigenvalue weighted by molar-refractivity contribution is 6.99.